The Bertz CT molecular complexity index is 840. The van der Waals surface area contributed by atoms with Crippen molar-refractivity contribution in [3.05, 3.63) is 35.9 Å². The third-order valence-corrected chi connectivity index (χ3v) is 6.60. The van der Waals surface area contributed by atoms with E-state index in [4.69, 9.17) is 4.74 Å². The molecule has 0 aliphatic carbocycles. The van der Waals surface area contributed by atoms with Crippen molar-refractivity contribution in [2.45, 2.75) is 44.1 Å². The molecule has 0 saturated carbocycles. The van der Waals surface area contributed by atoms with Gasteiger partial charge in [0.25, 0.3) is 0 Å². The van der Waals surface area contributed by atoms with Crippen LogP contribution in [0.5, 0.6) is 5.75 Å². The fourth-order valence-corrected chi connectivity index (χ4v) is 4.55. The van der Waals surface area contributed by atoms with Gasteiger partial charge in [-0.05, 0) is 56.8 Å². The second kappa shape index (κ2) is 10.3. The maximum absolute atomic E-state index is 13.1. The number of benzene rings is 1. The largest absolute Gasteiger partial charge is 0.573 e. The molecule has 0 bridgehead atoms. The molecule has 1 saturated heterocycles. The highest BCUT2D eigenvalue weighted by Crippen LogP contribution is 2.27. The number of amides is 1. The Labute approximate surface area is 175 Å². The van der Waals surface area contributed by atoms with E-state index in [-0.39, 0.29) is 17.8 Å². The Hall–Kier alpha value is -2.04. The van der Waals surface area contributed by atoms with Crippen molar-refractivity contribution in [2.24, 2.45) is 0 Å². The van der Waals surface area contributed by atoms with Crippen LogP contribution in [0, 0.1) is 0 Å². The molecule has 1 heterocycles. The fourth-order valence-electron chi connectivity index (χ4n) is 2.92. The predicted molar refractivity (Wildman–Crippen MR) is 110 cm³/mol. The minimum atomic E-state index is -4.78. The molecule has 1 aliphatic rings. The zero-order valence-corrected chi connectivity index (χ0v) is 17.9. The first-order valence-corrected chi connectivity index (χ1v) is 11.2. The zero-order chi connectivity index (χ0) is 22.4. The van der Waals surface area contributed by atoms with Gasteiger partial charge in [-0.25, -0.2) is 8.51 Å². The minimum absolute atomic E-state index is 0.107. The van der Waals surface area contributed by atoms with Crippen LogP contribution in [0.2, 0.25) is 0 Å². The number of nitrogens with one attached hydrogen (secondary N) is 1. The lowest BCUT2D eigenvalue weighted by atomic mass is 10.1. The number of hydrogen-bond acceptors (Lipinski definition) is 4. The summed E-state index contributed by atoms with van der Waals surface area (Å²) in [5.41, 5.74) is 0.942. The SMILES string of the molecule is C=S(=O)(c1ccc(OC(F)(F)F)cc1)N1CCC(=CC(=O)NCCOC(C)C)CC1. The van der Waals surface area contributed by atoms with Gasteiger partial charge < -0.3 is 14.8 Å². The monoisotopic (exact) mass is 448 g/mol. The van der Waals surface area contributed by atoms with Gasteiger partial charge in [0.2, 0.25) is 5.91 Å². The average molecular weight is 449 g/mol. The molecule has 168 valence electrons. The summed E-state index contributed by atoms with van der Waals surface area (Å²) in [5, 5.41) is 2.76. The lowest BCUT2D eigenvalue weighted by Crippen LogP contribution is -2.36. The number of rotatable bonds is 8. The highest BCUT2D eigenvalue weighted by molar-refractivity contribution is 7.98. The van der Waals surface area contributed by atoms with Crippen molar-refractivity contribution in [3.8, 4) is 5.75 Å². The normalized spacial score (nSPS) is 17.5. The van der Waals surface area contributed by atoms with Crippen molar-refractivity contribution in [1.82, 2.24) is 9.62 Å². The Morgan fingerprint density at radius 1 is 1.27 bits per heavy atom. The summed E-state index contributed by atoms with van der Waals surface area (Å²) in [7, 11) is -2.85. The molecule has 0 spiro atoms. The predicted octanol–water partition coefficient (Wildman–Crippen LogP) is 3.14. The van der Waals surface area contributed by atoms with Crippen molar-refractivity contribution < 1.29 is 31.6 Å². The maximum Gasteiger partial charge on any atom is 0.573 e. The molecule has 1 aliphatic heterocycles. The Morgan fingerprint density at radius 2 is 1.87 bits per heavy atom. The lowest BCUT2D eigenvalue weighted by Gasteiger charge is -2.31. The van der Waals surface area contributed by atoms with E-state index in [0.717, 1.165) is 17.7 Å². The number of alkyl halides is 3. The molecule has 1 atom stereocenters. The van der Waals surface area contributed by atoms with E-state index < -0.39 is 16.1 Å². The Balaban J connectivity index is 1.89. The summed E-state index contributed by atoms with van der Waals surface area (Å²) in [6, 6.07) is 4.90. The zero-order valence-electron chi connectivity index (χ0n) is 17.0. The van der Waals surface area contributed by atoms with Gasteiger partial charge >= 0.3 is 6.36 Å². The highest BCUT2D eigenvalue weighted by Gasteiger charge is 2.31. The van der Waals surface area contributed by atoms with Crippen molar-refractivity contribution in [2.75, 3.05) is 26.2 Å². The van der Waals surface area contributed by atoms with Gasteiger partial charge in [0.15, 0.2) is 0 Å². The van der Waals surface area contributed by atoms with Gasteiger partial charge in [-0.2, -0.15) is 0 Å². The van der Waals surface area contributed by atoms with Crippen LogP contribution in [-0.4, -0.2) is 59.0 Å². The van der Waals surface area contributed by atoms with E-state index in [1.807, 2.05) is 13.8 Å². The summed E-state index contributed by atoms with van der Waals surface area (Å²) in [4.78, 5) is 12.3. The number of carbonyl (C=O) groups is 1. The van der Waals surface area contributed by atoms with Gasteiger partial charge in [0, 0.05) is 30.6 Å². The molecule has 1 fully saturated rings. The topological polar surface area (TPSA) is 67.9 Å². The molecule has 1 aromatic carbocycles. The molecule has 6 nitrogen and oxygen atoms in total. The van der Waals surface area contributed by atoms with Gasteiger partial charge in [-0.3, -0.25) is 4.79 Å². The van der Waals surface area contributed by atoms with Crippen LogP contribution >= 0.6 is 0 Å². The molecule has 1 aromatic rings. The first-order valence-electron chi connectivity index (χ1n) is 9.54. The van der Waals surface area contributed by atoms with Crippen LogP contribution in [0.15, 0.2) is 40.8 Å². The van der Waals surface area contributed by atoms with Gasteiger partial charge in [-0.15, -0.1) is 13.2 Å². The van der Waals surface area contributed by atoms with Crippen LogP contribution in [-0.2, 0) is 19.2 Å². The van der Waals surface area contributed by atoms with Crippen molar-refractivity contribution >= 4 is 21.5 Å². The smallest absolute Gasteiger partial charge is 0.406 e. The van der Waals surface area contributed by atoms with Gasteiger partial charge in [0.05, 0.1) is 22.4 Å². The van der Waals surface area contributed by atoms with Gasteiger partial charge in [-0.1, -0.05) is 5.57 Å². The molecule has 1 unspecified atom stereocenters. The first-order chi connectivity index (χ1) is 14.0. The summed E-state index contributed by atoms with van der Waals surface area (Å²) < 4.78 is 60.8. The van der Waals surface area contributed by atoms with E-state index in [9.17, 15) is 22.2 Å². The number of piperidine rings is 1. The van der Waals surface area contributed by atoms with Crippen LogP contribution in [0.25, 0.3) is 0 Å². The quantitative estimate of drug-likeness (QED) is 0.377. The summed E-state index contributed by atoms with van der Waals surface area (Å²) in [5.74, 6) is 3.22. The Kier molecular flexibility index (Phi) is 8.34. The van der Waals surface area contributed by atoms with Crippen molar-refractivity contribution in [3.63, 3.8) is 0 Å². The third-order valence-electron chi connectivity index (χ3n) is 4.40. The second-order valence-corrected chi connectivity index (χ2v) is 9.37. The maximum atomic E-state index is 13.1. The van der Waals surface area contributed by atoms with E-state index in [2.05, 4.69) is 15.9 Å². The minimum Gasteiger partial charge on any atom is -0.406 e. The number of nitrogens with zero attached hydrogens (tertiary/aromatic N) is 1. The molecule has 1 N–H and O–H groups in total. The molecular formula is C20H27F3N2O4S. The molecular weight excluding hydrogens is 421 g/mol. The number of hydrogen-bond donors (Lipinski definition) is 1. The third kappa shape index (κ3) is 7.66. The van der Waals surface area contributed by atoms with Crippen LogP contribution in [0.3, 0.4) is 0 Å². The van der Waals surface area contributed by atoms with Crippen molar-refractivity contribution in [1.29, 1.82) is 0 Å². The summed E-state index contributed by atoms with van der Waals surface area (Å²) in [6.45, 7) is 5.56. The average Bonchev–Trinajstić information content (AvgIpc) is 2.65. The van der Waals surface area contributed by atoms with Crippen LogP contribution < -0.4 is 10.1 Å². The standard InChI is InChI=1S/C20H27F3N2O4S/c1-15(2)28-13-10-24-19(26)14-16-8-11-25(12-9-16)30(3,27)18-6-4-17(5-7-18)29-20(21,22)23/h4-7,14-15H,3,8-13H2,1-2H3,(H,24,26). The second-order valence-electron chi connectivity index (χ2n) is 7.10. The molecule has 1 amide bonds. The molecule has 0 aromatic heterocycles. The first kappa shape index (κ1) is 24.2. The van der Waals surface area contributed by atoms with E-state index in [1.54, 1.807) is 10.4 Å². The summed E-state index contributed by atoms with van der Waals surface area (Å²) in [6.07, 6.45) is -2.01. The molecule has 2 rings (SSSR count). The number of ether oxygens (including phenoxy) is 2. The van der Waals surface area contributed by atoms with E-state index >= 15 is 0 Å². The Morgan fingerprint density at radius 3 is 2.40 bits per heavy atom. The number of carbonyl (C=O) groups excluding carboxylic acids is 1. The van der Waals surface area contributed by atoms with E-state index in [1.165, 1.54) is 12.1 Å². The fraction of sp³-hybridized carbons (Fsp3) is 0.500. The van der Waals surface area contributed by atoms with Crippen LogP contribution in [0.1, 0.15) is 26.7 Å². The van der Waals surface area contributed by atoms with E-state index in [0.29, 0.717) is 44.0 Å². The highest BCUT2D eigenvalue weighted by atomic mass is 32.2. The van der Waals surface area contributed by atoms with Gasteiger partial charge in [0.1, 0.15) is 5.75 Å². The van der Waals surface area contributed by atoms with Crippen LogP contribution in [0.4, 0.5) is 13.2 Å². The molecule has 10 heteroatoms. The molecule has 30 heavy (non-hydrogen) atoms. The lowest BCUT2D eigenvalue weighted by molar-refractivity contribution is -0.274. The molecule has 0 radical (unpaired) electrons. The summed E-state index contributed by atoms with van der Waals surface area (Å²) >= 11 is 0. The number of halogens is 3.